The molecule has 1 aliphatic carbocycles. The molecule has 4 N–H and O–H groups in total. The van der Waals surface area contributed by atoms with Gasteiger partial charge in [-0.15, -0.1) is 0 Å². The number of ether oxygens (including phenoxy) is 1. The minimum absolute atomic E-state index is 0.0221. The highest BCUT2D eigenvalue weighted by Gasteiger charge is 2.37. The number of hydrogen-bond donors (Lipinski definition) is 3. The van der Waals surface area contributed by atoms with Crippen molar-refractivity contribution < 1.29 is 14.7 Å². The Hall–Kier alpha value is -1.30. The van der Waals surface area contributed by atoms with Gasteiger partial charge in [-0.2, -0.15) is 0 Å². The Balaban J connectivity index is 2.58. The predicted molar refractivity (Wildman–Crippen MR) is 68.5 cm³/mol. The standard InChI is InChI=1S/C12H23N3O3/c1-2-8-18-9-10(16)14-12(11(13)15-17)6-4-3-5-7-12/h17H,2-9H2,1H3,(H2,13,15)(H,14,16). The second-order valence-corrected chi connectivity index (χ2v) is 4.73. The van der Waals surface area contributed by atoms with Crippen molar-refractivity contribution in [3.63, 3.8) is 0 Å². The molecule has 1 saturated carbocycles. The maximum atomic E-state index is 11.8. The van der Waals surface area contributed by atoms with Crippen molar-refractivity contribution in [1.82, 2.24) is 5.32 Å². The second-order valence-electron chi connectivity index (χ2n) is 4.73. The molecule has 0 aromatic rings. The summed E-state index contributed by atoms with van der Waals surface area (Å²) in [6.07, 6.45) is 5.34. The van der Waals surface area contributed by atoms with Crippen molar-refractivity contribution in [2.75, 3.05) is 13.2 Å². The number of nitrogens with one attached hydrogen (secondary N) is 1. The van der Waals surface area contributed by atoms with E-state index in [1.54, 1.807) is 0 Å². The maximum absolute atomic E-state index is 11.8. The van der Waals surface area contributed by atoms with Gasteiger partial charge in [0.1, 0.15) is 12.1 Å². The average Bonchev–Trinajstić information content (AvgIpc) is 2.39. The number of nitrogens with two attached hydrogens (primary N) is 1. The Kier molecular flexibility index (Phi) is 5.91. The minimum Gasteiger partial charge on any atom is -0.409 e. The smallest absolute Gasteiger partial charge is 0.246 e. The first-order chi connectivity index (χ1) is 8.64. The number of carbonyl (C=O) groups is 1. The minimum atomic E-state index is -0.695. The van der Waals surface area contributed by atoms with E-state index < -0.39 is 5.54 Å². The molecular formula is C12H23N3O3. The summed E-state index contributed by atoms with van der Waals surface area (Å²) >= 11 is 0. The Morgan fingerprint density at radius 2 is 2.11 bits per heavy atom. The molecule has 6 nitrogen and oxygen atoms in total. The summed E-state index contributed by atoms with van der Waals surface area (Å²) in [6, 6.07) is 0. The van der Waals surface area contributed by atoms with Gasteiger partial charge in [-0.05, 0) is 19.3 Å². The van der Waals surface area contributed by atoms with E-state index >= 15 is 0 Å². The van der Waals surface area contributed by atoms with Crippen LogP contribution in [-0.2, 0) is 9.53 Å². The average molecular weight is 257 g/mol. The van der Waals surface area contributed by atoms with E-state index in [0.717, 1.165) is 25.7 Å². The quantitative estimate of drug-likeness (QED) is 0.217. The molecule has 0 spiro atoms. The molecule has 0 unspecified atom stereocenters. The molecule has 0 saturated heterocycles. The highest BCUT2D eigenvalue weighted by atomic mass is 16.5. The van der Waals surface area contributed by atoms with Gasteiger partial charge in [-0.3, -0.25) is 4.79 Å². The molecule has 0 heterocycles. The van der Waals surface area contributed by atoms with Crippen molar-refractivity contribution in [2.24, 2.45) is 10.9 Å². The molecule has 0 bridgehead atoms. The number of amidine groups is 1. The van der Waals surface area contributed by atoms with E-state index in [1.807, 2.05) is 6.92 Å². The van der Waals surface area contributed by atoms with Gasteiger partial charge in [0.2, 0.25) is 5.91 Å². The molecule has 0 aliphatic heterocycles. The van der Waals surface area contributed by atoms with Crippen LogP contribution in [-0.4, -0.2) is 35.7 Å². The number of nitrogens with zero attached hydrogens (tertiary/aromatic N) is 1. The second kappa shape index (κ2) is 7.20. The van der Waals surface area contributed by atoms with Gasteiger partial charge >= 0.3 is 0 Å². The molecule has 0 aromatic carbocycles. The van der Waals surface area contributed by atoms with Gasteiger partial charge in [0.25, 0.3) is 0 Å². The summed E-state index contributed by atoms with van der Waals surface area (Å²) in [5, 5.41) is 14.8. The van der Waals surface area contributed by atoms with Crippen molar-refractivity contribution >= 4 is 11.7 Å². The van der Waals surface area contributed by atoms with Crippen LogP contribution in [0.1, 0.15) is 45.4 Å². The summed E-state index contributed by atoms with van der Waals surface area (Å²) in [7, 11) is 0. The van der Waals surface area contributed by atoms with Crippen LogP contribution < -0.4 is 11.1 Å². The van der Waals surface area contributed by atoms with Crippen LogP contribution in [0.25, 0.3) is 0 Å². The molecule has 0 aromatic heterocycles. The van der Waals surface area contributed by atoms with Crippen LogP contribution in [0.3, 0.4) is 0 Å². The Labute approximate surface area is 108 Å². The lowest BCUT2D eigenvalue weighted by atomic mass is 9.80. The van der Waals surface area contributed by atoms with Gasteiger partial charge in [0.15, 0.2) is 5.84 Å². The summed E-state index contributed by atoms with van der Waals surface area (Å²) < 4.78 is 5.19. The number of rotatable bonds is 6. The van der Waals surface area contributed by atoms with Gasteiger partial charge in [0.05, 0.1) is 0 Å². The van der Waals surface area contributed by atoms with E-state index in [4.69, 9.17) is 15.7 Å². The lowest BCUT2D eigenvalue weighted by Crippen LogP contribution is -2.59. The molecule has 1 fully saturated rings. The molecule has 1 amide bonds. The molecule has 0 radical (unpaired) electrons. The molecule has 1 aliphatic rings. The van der Waals surface area contributed by atoms with Crippen LogP contribution in [0.4, 0.5) is 0 Å². The fourth-order valence-corrected chi connectivity index (χ4v) is 2.31. The first kappa shape index (κ1) is 14.8. The molecule has 104 valence electrons. The van der Waals surface area contributed by atoms with Crippen molar-refractivity contribution in [2.45, 2.75) is 51.0 Å². The molecule has 1 rings (SSSR count). The van der Waals surface area contributed by atoms with E-state index in [-0.39, 0.29) is 18.3 Å². The van der Waals surface area contributed by atoms with E-state index in [2.05, 4.69) is 10.5 Å². The van der Waals surface area contributed by atoms with E-state index in [9.17, 15) is 4.79 Å². The first-order valence-electron chi connectivity index (χ1n) is 6.51. The number of amides is 1. The third-order valence-corrected chi connectivity index (χ3v) is 3.27. The zero-order chi connectivity index (χ0) is 13.4. The lowest BCUT2D eigenvalue weighted by molar-refractivity contribution is -0.127. The largest absolute Gasteiger partial charge is 0.409 e. The van der Waals surface area contributed by atoms with Crippen LogP contribution in [0, 0.1) is 0 Å². The normalized spacial score (nSPS) is 19.5. The maximum Gasteiger partial charge on any atom is 0.246 e. The van der Waals surface area contributed by atoms with E-state index in [1.165, 1.54) is 0 Å². The predicted octanol–water partition coefficient (Wildman–Crippen LogP) is 0.979. The molecule has 6 heteroatoms. The summed E-state index contributed by atoms with van der Waals surface area (Å²) in [4.78, 5) is 11.8. The van der Waals surface area contributed by atoms with Crippen molar-refractivity contribution in [3.8, 4) is 0 Å². The van der Waals surface area contributed by atoms with Gasteiger partial charge in [-0.25, -0.2) is 0 Å². The fraction of sp³-hybridized carbons (Fsp3) is 0.833. The molecule has 0 atom stereocenters. The summed E-state index contributed by atoms with van der Waals surface area (Å²) in [6.45, 7) is 2.56. The van der Waals surface area contributed by atoms with Crippen LogP contribution >= 0.6 is 0 Å². The first-order valence-corrected chi connectivity index (χ1v) is 6.51. The molecule has 18 heavy (non-hydrogen) atoms. The third kappa shape index (κ3) is 3.87. The monoisotopic (exact) mass is 257 g/mol. The zero-order valence-corrected chi connectivity index (χ0v) is 10.9. The zero-order valence-electron chi connectivity index (χ0n) is 10.9. The highest BCUT2D eigenvalue weighted by Crippen LogP contribution is 2.28. The van der Waals surface area contributed by atoms with Crippen molar-refractivity contribution in [1.29, 1.82) is 0 Å². The van der Waals surface area contributed by atoms with Gasteiger partial charge < -0.3 is 21.0 Å². The topological polar surface area (TPSA) is 96.9 Å². The Bertz CT molecular complexity index is 299. The Morgan fingerprint density at radius 3 is 2.67 bits per heavy atom. The highest BCUT2D eigenvalue weighted by molar-refractivity contribution is 5.94. The number of carbonyl (C=O) groups excluding carboxylic acids is 1. The van der Waals surface area contributed by atoms with Crippen molar-refractivity contribution in [3.05, 3.63) is 0 Å². The summed E-state index contributed by atoms with van der Waals surface area (Å²) in [5.74, 6) is -0.122. The number of hydrogen-bond acceptors (Lipinski definition) is 4. The van der Waals surface area contributed by atoms with Gasteiger partial charge in [0, 0.05) is 6.61 Å². The van der Waals surface area contributed by atoms with Crippen LogP contribution in [0.5, 0.6) is 0 Å². The number of oxime groups is 1. The Morgan fingerprint density at radius 1 is 1.44 bits per heavy atom. The van der Waals surface area contributed by atoms with E-state index in [0.29, 0.717) is 19.4 Å². The fourth-order valence-electron chi connectivity index (χ4n) is 2.31. The SMILES string of the molecule is CCCOCC(=O)NC1(C(N)=NO)CCCCC1. The lowest BCUT2D eigenvalue weighted by Gasteiger charge is -2.36. The van der Waals surface area contributed by atoms with Crippen LogP contribution in [0.2, 0.25) is 0 Å². The third-order valence-electron chi connectivity index (χ3n) is 3.27. The van der Waals surface area contributed by atoms with Crippen LogP contribution in [0.15, 0.2) is 5.16 Å². The molecular weight excluding hydrogens is 234 g/mol. The van der Waals surface area contributed by atoms with Gasteiger partial charge in [-0.1, -0.05) is 31.3 Å². The summed E-state index contributed by atoms with van der Waals surface area (Å²) in [5.41, 5.74) is 5.04.